The van der Waals surface area contributed by atoms with Crippen molar-refractivity contribution in [2.75, 3.05) is 39.8 Å². The van der Waals surface area contributed by atoms with Gasteiger partial charge in [-0.25, -0.2) is 4.18 Å². The van der Waals surface area contributed by atoms with Crippen LogP contribution in [0.4, 0.5) is 0 Å². The normalized spacial score (nSPS) is 34.7. The molecule has 13 nitrogen and oxygen atoms in total. The lowest BCUT2D eigenvalue weighted by Crippen LogP contribution is -2.55. The van der Waals surface area contributed by atoms with Gasteiger partial charge in [0.25, 0.3) is 0 Å². The summed E-state index contributed by atoms with van der Waals surface area (Å²) in [5, 5.41) is 27.7. The molecule has 0 aromatic heterocycles. The number of carbonyl (C=O) groups excluding carboxylic acids is 2. The molecule has 2 heterocycles. The molecule has 174 valence electrons. The van der Waals surface area contributed by atoms with Gasteiger partial charge >= 0.3 is 22.3 Å². The Hall–Kier alpha value is -1.04. The molecular formula is C15H25O13S2+. The van der Waals surface area contributed by atoms with E-state index in [2.05, 4.69) is 9.47 Å². The third-order valence-electron chi connectivity index (χ3n) is 4.56. The van der Waals surface area contributed by atoms with Gasteiger partial charge < -0.3 is 34.3 Å². The van der Waals surface area contributed by atoms with E-state index in [4.69, 9.17) is 17.3 Å². The number of hydrogen-bond donors (Lipinski definition) is 3. The molecule has 4 atom stereocenters. The van der Waals surface area contributed by atoms with Gasteiger partial charge in [0.1, 0.15) is 18.3 Å². The van der Waals surface area contributed by atoms with Crippen LogP contribution < -0.4 is 0 Å². The molecule has 15 heteroatoms. The van der Waals surface area contributed by atoms with Gasteiger partial charge in [0.05, 0.1) is 34.0 Å². The number of rotatable bonds is 8. The first-order valence-electron chi connectivity index (χ1n) is 8.71. The molecule has 2 aliphatic heterocycles. The number of ether oxygens (including phenoxy) is 4. The first-order valence-corrected chi connectivity index (χ1v) is 11.4. The largest absolute Gasteiger partial charge is 0.468 e. The summed E-state index contributed by atoms with van der Waals surface area (Å²) < 4.78 is 54.1. The maximum absolute atomic E-state index is 12.2. The van der Waals surface area contributed by atoms with E-state index in [9.17, 15) is 33.3 Å². The van der Waals surface area contributed by atoms with E-state index in [1.54, 1.807) is 0 Å². The highest BCUT2D eigenvalue weighted by Crippen LogP contribution is 2.31. The van der Waals surface area contributed by atoms with Crippen LogP contribution in [0, 0.1) is 5.92 Å². The van der Waals surface area contributed by atoms with Gasteiger partial charge in [-0.15, -0.1) is 0 Å². The van der Waals surface area contributed by atoms with E-state index in [0.29, 0.717) is 0 Å². The van der Waals surface area contributed by atoms with Crippen molar-refractivity contribution >= 4 is 33.5 Å². The van der Waals surface area contributed by atoms with Gasteiger partial charge in [0.15, 0.2) is 22.7 Å². The molecule has 0 aromatic rings. The van der Waals surface area contributed by atoms with Crippen LogP contribution >= 0.6 is 0 Å². The van der Waals surface area contributed by atoms with Crippen molar-refractivity contribution in [3.05, 3.63) is 0 Å². The van der Waals surface area contributed by atoms with Crippen molar-refractivity contribution in [2.45, 2.75) is 36.3 Å². The van der Waals surface area contributed by atoms with Gasteiger partial charge in [-0.1, -0.05) is 0 Å². The van der Waals surface area contributed by atoms with E-state index in [0.717, 1.165) is 14.2 Å². The molecule has 2 saturated heterocycles. The fraction of sp³-hybridized carbons (Fsp3) is 0.867. The van der Waals surface area contributed by atoms with Crippen molar-refractivity contribution in [1.29, 1.82) is 0 Å². The average Bonchev–Trinajstić information content (AvgIpc) is 2.95. The Morgan fingerprint density at radius 3 is 2.17 bits per heavy atom. The van der Waals surface area contributed by atoms with Crippen molar-refractivity contribution < 1.29 is 60.1 Å². The second-order valence-corrected chi connectivity index (χ2v) is 9.89. The Morgan fingerprint density at radius 1 is 1.17 bits per heavy atom. The van der Waals surface area contributed by atoms with E-state index in [1.807, 2.05) is 0 Å². The Kier molecular flexibility index (Phi) is 8.45. The van der Waals surface area contributed by atoms with Crippen LogP contribution in [0.1, 0.15) is 6.92 Å². The third kappa shape index (κ3) is 5.60. The van der Waals surface area contributed by atoms with Crippen LogP contribution in [0.5, 0.6) is 0 Å². The Balaban J connectivity index is 1.99. The lowest BCUT2D eigenvalue weighted by molar-refractivity contribution is -0.299. The maximum Gasteiger partial charge on any atom is 0.442 e. The summed E-state index contributed by atoms with van der Waals surface area (Å²) in [6.07, 6.45) is -3.74. The summed E-state index contributed by atoms with van der Waals surface area (Å²) in [5.74, 6) is -5.48. The van der Waals surface area contributed by atoms with Crippen molar-refractivity contribution in [3.8, 4) is 0 Å². The van der Waals surface area contributed by atoms with Crippen LogP contribution in [0.2, 0.25) is 0 Å². The monoisotopic (exact) mass is 477 g/mol. The highest BCUT2D eigenvalue weighted by molar-refractivity contribution is 8.01. The van der Waals surface area contributed by atoms with Crippen molar-refractivity contribution in [1.82, 2.24) is 0 Å². The second-order valence-electron chi connectivity index (χ2n) is 6.64. The van der Waals surface area contributed by atoms with Crippen LogP contribution in [0.3, 0.4) is 0 Å². The number of hydrogen-bond acceptors (Lipinski definition) is 13. The Morgan fingerprint density at radius 2 is 1.70 bits per heavy atom. The molecule has 3 N–H and O–H groups in total. The van der Waals surface area contributed by atoms with E-state index >= 15 is 0 Å². The van der Waals surface area contributed by atoms with Crippen LogP contribution in [0.15, 0.2) is 0 Å². The van der Waals surface area contributed by atoms with Gasteiger partial charge in [-0.3, -0.25) is 9.59 Å². The lowest BCUT2D eigenvalue weighted by Gasteiger charge is -2.39. The summed E-state index contributed by atoms with van der Waals surface area (Å²) in [6.45, 7) is -0.0629. The lowest BCUT2D eigenvalue weighted by atomic mass is 9.99. The molecule has 2 fully saturated rings. The molecule has 2 aliphatic rings. The fourth-order valence-electron chi connectivity index (χ4n) is 2.94. The number of carbonyl (C=O) groups is 2. The van der Waals surface area contributed by atoms with Gasteiger partial charge in [-0.05, 0) is 10.6 Å². The quantitative estimate of drug-likeness (QED) is 0.183. The van der Waals surface area contributed by atoms with E-state index < -0.39 is 75.4 Å². The van der Waals surface area contributed by atoms with Crippen LogP contribution in [-0.4, -0.2) is 105 Å². The van der Waals surface area contributed by atoms with E-state index in [-0.39, 0.29) is 19.0 Å². The SMILES string of the molecule is COC(=O)C(C(=O)OC)C1(C)OCC(OS(=O)(=O)O[S+]2C[C@@H](O)[C@H](O)[C@H]2CO)CO1. The average molecular weight is 477 g/mol. The first-order chi connectivity index (χ1) is 14.0. The number of aliphatic hydroxyl groups is 3. The van der Waals surface area contributed by atoms with Crippen LogP contribution in [-0.2, 0) is 57.9 Å². The minimum absolute atomic E-state index is 0.190. The van der Waals surface area contributed by atoms with Gasteiger partial charge in [-0.2, -0.15) is 8.42 Å². The molecule has 0 aromatic carbocycles. The highest BCUT2D eigenvalue weighted by Gasteiger charge is 2.55. The summed E-state index contributed by atoms with van der Waals surface area (Å²) in [7, 11) is -2.48. The van der Waals surface area contributed by atoms with Gasteiger partial charge in [0.2, 0.25) is 11.2 Å². The zero-order valence-corrected chi connectivity index (χ0v) is 18.1. The number of esters is 2. The van der Waals surface area contributed by atoms with Crippen LogP contribution in [0.25, 0.3) is 0 Å². The smallest absolute Gasteiger partial charge is 0.442 e. The third-order valence-corrected chi connectivity index (χ3v) is 8.21. The number of aliphatic hydroxyl groups excluding tert-OH is 3. The predicted octanol–water partition coefficient (Wildman–Crippen LogP) is -3.01. The molecule has 0 bridgehead atoms. The highest BCUT2D eigenvalue weighted by atomic mass is 32.3. The molecule has 0 aliphatic carbocycles. The molecule has 0 radical (unpaired) electrons. The Bertz CT molecular complexity index is 702. The van der Waals surface area contributed by atoms with Crippen molar-refractivity contribution in [3.63, 3.8) is 0 Å². The standard InChI is InChI=1S/C15H25O13S2/c1-15(11(13(19)23-2)14(20)24-3)25-5-8(6-26-15)27-30(21,22)28-29-7-9(17)12(18)10(29)4-16/h8-12,16-18H,4-7H2,1-3H3/q+1/t8?,9-,10-,12+,15?,29?/m1/s1. The number of methoxy groups -OCH3 is 2. The summed E-state index contributed by atoms with van der Waals surface area (Å²) in [6, 6.07) is 0. The first kappa shape index (κ1) is 25.2. The molecular weight excluding hydrogens is 452 g/mol. The zero-order valence-electron chi connectivity index (χ0n) is 16.5. The minimum atomic E-state index is -4.62. The summed E-state index contributed by atoms with van der Waals surface area (Å²) >= 11 is -1.50. The van der Waals surface area contributed by atoms with E-state index in [1.165, 1.54) is 6.92 Å². The minimum Gasteiger partial charge on any atom is -0.468 e. The topological polar surface area (TPSA) is 184 Å². The summed E-state index contributed by atoms with van der Waals surface area (Å²) in [4.78, 5) is 23.9. The molecule has 2 rings (SSSR count). The molecule has 0 amide bonds. The molecule has 0 spiro atoms. The van der Waals surface area contributed by atoms with Crippen molar-refractivity contribution in [2.24, 2.45) is 5.92 Å². The Labute approximate surface area is 176 Å². The molecule has 0 saturated carbocycles. The maximum atomic E-state index is 12.2. The molecule has 1 unspecified atom stereocenters. The second kappa shape index (κ2) is 10.1. The van der Waals surface area contributed by atoms with Gasteiger partial charge in [0, 0.05) is 0 Å². The zero-order chi connectivity index (χ0) is 22.7. The predicted molar refractivity (Wildman–Crippen MR) is 97.8 cm³/mol. The fourth-order valence-corrected chi connectivity index (χ4v) is 6.44. The summed E-state index contributed by atoms with van der Waals surface area (Å²) in [5.41, 5.74) is 0. The molecule has 30 heavy (non-hydrogen) atoms.